The van der Waals surface area contributed by atoms with Gasteiger partial charge in [-0.1, -0.05) is 11.6 Å². The van der Waals surface area contributed by atoms with Gasteiger partial charge in [0.25, 0.3) is 0 Å². The standard InChI is InChI=1S/C17H13ClN2O3/c1-22-14-8-6-13(7-9-14)19-20-15-10-16(23-17(15)21)11-2-4-12(18)5-3-11/h2-10,21H,1H3. The number of nitrogens with zero attached hydrogens (tertiary/aromatic N) is 2. The normalized spacial score (nSPS) is 11.0. The van der Waals surface area contributed by atoms with Gasteiger partial charge in [0.15, 0.2) is 5.69 Å². The summed E-state index contributed by atoms with van der Waals surface area (Å²) in [6.45, 7) is 0. The van der Waals surface area contributed by atoms with Gasteiger partial charge in [-0.2, -0.15) is 5.11 Å². The Balaban J connectivity index is 1.82. The third kappa shape index (κ3) is 3.52. The predicted molar refractivity (Wildman–Crippen MR) is 88.0 cm³/mol. The number of benzene rings is 2. The highest BCUT2D eigenvalue weighted by atomic mass is 35.5. The second-order valence-electron chi connectivity index (χ2n) is 4.71. The van der Waals surface area contributed by atoms with E-state index in [1.807, 2.05) is 0 Å². The molecule has 5 nitrogen and oxygen atoms in total. The van der Waals surface area contributed by atoms with Crippen LogP contribution in [-0.2, 0) is 0 Å². The Labute approximate surface area is 137 Å². The van der Waals surface area contributed by atoms with E-state index in [0.29, 0.717) is 16.5 Å². The van der Waals surface area contributed by atoms with Gasteiger partial charge in [-0.05, 0) is 48.5 Å². The molecule has 0 saturated carbocycles. The van der Waals surface area contributed by atoms with Crippen molar-refractivity contribution >= 4 is 23.0 Å². The van der Waals surface area contributed by atoms with Crippen molar-refractivity contribution in [3.05, 3.63) is 59.6 Å². The number of azo groups is 1. The smallest absolute Gasteiger partial charge is 0.311 e. The first-order chi connectivity index (χ1) is 11.2. The molecular formula is C17H13ClN2O3. The molecule has 0 aliphatic heterocycles. The molecule has 0 saturated heterocycles. The first-order valence-corrected chi connectivity index (χ1v) is 7.18. The molecule has 0 aliphatic rings. The number of aromatic hydroxyl groups is 1. The van der Waals surface area contributed by atoms with Gasteiger partial charge in [-0.3, -0.25) is 0 Å². The zero-order valence-electron chi connectivity index (χ0n) is 12.2. The fraction of sp³-hybridized carbons (Fsp3) is 0.0588. The van der Waals surface area contributed by atoms with E-state index in [0.717, 1.165) is 11.3 Å². The van der Waals surface area contributed by atoms with Crippen molar-refractivity contribution in [2.24, 2.45) is 10.2 Å². The molecule has 0 aliphatic carbocycles. The molecule has 1 aromatic heterocycles. The van der Waals surface area contributed by atoms with Crippen LogP contribution in [-0.4, -0.2) is 12.2 Å². The maximum Gasteiger partial charge on any atom is 0.311 e. The van der Waals surface area contributed by atoms with E-state index in [1.54, 1.807) is 61.7 Å². The number of methoxy groups -OCH3 is 1. The highest BCUT2D eigenvalue weighted by Crippen LogP contribution is 2.37. The summed E-state index contributed by atoms with van der Waals surface area (Å²) in [5.41, 5.74) is 1.68. The topological polar surface area (TPSA) is 67.3 Å². The summed E-state index contributed by atoms with van der Waals surface area (Å²) in [6.07, 6.45) is 0. The second kappa shape index (κ2) is 6.54. The summed E-state index contributed by atoms with van der Waals surface area (Å²) >= 11 is 5.85. The molecule has 0 fully saturated rings. The third-order valence-corrected chi connectivity index (χ3v) is 3.42. The SMILES string of the molecule is COc1ccc(N=Nc2cc(-c3ccc(Cl)cc3)oc2O)cc1. The Kier molecular flexibility index (Phi) is 4.30. The average molecular weight is 329 g/mol. The first-order valence-electron chi connectivity index (χ1n) is 6.80. The van der Waals surface area contributed by atoms with E-state index in [9.17, 15) is 5.11 Å². The van der Waals surface area contributed by atoms with Gasteiger partial charge in [0.05, 0.1) is 12.8 Å². The van der Waals surface area contributed by atoms with Gasteiger partial charge < -0.3 is 14.3 Å². The van der Waals surface area contributed by atoms with E-state index in [4.69, 9.17) is 20.8 Å². The quantitative estimate of drug-likeness (QED) is 0.622. The fourth-order valence-electron chi connectivity index (χ4n) is 1.96. The maximum atomic E-state index is 9.84. The number of halogens is 1. The lowest BCUT2D eigenvalue weighted by Gasteiger charge is -1.97. The van der Waals surface area contributed by atoms with E-state index in [-0.39, 0.29) is 11.6 Å². The average Bonchev–Trinajstić information content (AvgIpc) is 2.95. The molecule has 0 radical (unpaired) electrons. The molecule has 3 aromatic rings. The molecule has 23 heavy (non-hydrogen) atoms. The highest BCUT2D eigenvalue weighted by molar-refractivity contribution is 6.30. The Morgan fingerprint density at radius 3 is 2.35 bits per heavy atom. The van der Waals surface area contributed by atoms with Gasteiger partial charge in [0.1, 0.15) is 11.5 Å². The largest absolute Gasteiger partial charge is 0.497 e. The molecule has 1 N–H and O–H groups in total. The Hall–Kier alpha value is -2.79. The number of ether oxygens (including phenoxy) is 1. The van der Waals surface area contributed by atoms with Crippen LogP contribution < -0.4 is 4.74 Å². The van der Waals surface area contributed by atoms with Crippen molar-refractivity contribution in [1.82, 2.24) is 0 Å². The fourth-order valence-corrected chi connectivity index (χ4v) is 2.09. The lowest BCUT2D eigenvalue weighted by Crippen LogP contribution is -1.79. The van der Waals surface area contributed by atoms with Crippen LogP contribution in [0.15, 0.2) is 69.2 Å². The van der Waals surface area contributed by atoms with Crippen LogP contribution in [0.4, 0.5) is 11.4 Å². The van der Waals surface area contributed by atoms with Crippen LogP contribution in [0, 0.1) is 0 Å². The van der Waals surface area contributed by atoms with Gasteiger partial charge in [-0.25, -0.2) is 0 Å². The molecular weight excluding hydrogens is 316 g/mol. The Morgan fingerprint density at radius 2 is 1.70 bits per heavy atom. The van der Waals surface area contributed by atoms with Crippen molar-refractivity contribution in [3.63, 3.8) is 0 Å². The zero-order chi connectivity index (χ0) is 16.2. The molecule has 0 spiro atoms. The van der Waals surface area contributed by atoms with E-state index < -0.39 is 0 Å². The summed E-state index contributed by atoms with van der Waals surface area (Å²) in [4.78, 5) is 0. The second-order valence-corrected chi connectivity index (χ2v) is 5.14. The molecule has 0 unspecified atom stereocenters. The summed E-state index contributed by atoms with van der Waals surface area (Å²) < 4.78 is 10.4. The maximum absolute atomic E-state index is 9.84. The van der Waals surface area contributed by atoms with E-state index in [1.165, 1.54) is 0 Å². The van der Waals surface area contributed by atoms with Crippen molar-refractivity contribution in [1.29, 1.82) is 0 Å². The van der Waals surface area contributed by atoms with Crippen molar-refractivity contribution in [2.75, 3.05) is 7.11 Å². The first kappa shape index (κ1) is 15.1. The van der Waals surface area contributed by atoms with Crippen molar-refractivity contribution in [2.45, 2.75) is 0 Å². The van der Waals surface area contributed by atoms with Crippen LogP contribution in [0.5, 0.6) is 11.7 Å². The summed E-state index contributed by atoms with van der Waals surface area (Å²) in [5.74, 6) is 0.940. The van der Waals surface area contributed by atoms with E-state index in [2.05, 4.69) is 10.2 Å². The van der Waals surface area contributed by atoms with Gasteiger partial charge in [0, 0.05) is 16.7 Å². The Bertz CT molecular complexity index is 824. The Morgan fingerprint density at radius 1 is 1.00 bits per heavy atom. The predicted octanol–water partition coefficient (Wildman–Crippen LogP) is 5.73. The highest BCUT2D eigenvalue weighted by Gasteiger charge is 2.11. The van der Waals surface area contributed by atoms with Crippen LogP contribution in [0.25, 0.3) is 11.3 Å². The van der Waals surface area contributed by atoms with E-state index >= 15 is 0 Å². The molecule has 3 rings (SSSR count). The minimum absolute atomic E-state index is 0.255. The number of furan rings is 1. The molecule has 2 aromatic carbocycles. The van der Waals surface area contributed by atoms with Crippen molar-refractivity contribution in [3.8, 4) is 23.0 Å². The van der Waals surface area contributed by atoms with Gasteiger partial charge in [-0.15, -0.1) is 5.11 Å². The van der Waals surface area contributed by atoms with Crippen LogP contribution in [0.1, 0.15) is 0 Å². The molecule has 1 heterocycles. The minimum Gasteiger partial charge on any atom is -0.497 e. The lowest BCUT2D eigenvalue weighted by molar-refractivity contribution is 0.339. The molecule has 0 bridgehead atoms. The third-order valence-electron chi connectivity index (χ3n) is 3.17. The van der Waals surface area contributed by atoms with Gasteiger partial charge >= 0.3 is 5.95 Å². The van der Waals surface area contributed by atoms with Crippen LogP contribution in [0.3, 0.4) is 0 Å². The minimum atomic E-state index is -0.285. The van der Waals surface area contributed by atoms with Crippen LogP contribution >= 0.6 is 11.6 Å². The monoisotopic (exact) mass is 328 g/mol. The van der Waals surface area contributed by atoms with Gasteiger partial charge in [0.2, 0.25) is 0 Å². The number of rotatable bonds is 4. The van der Waals surface area contributed by atoms with Crippen molar-refractivity contribution < 1.29 is 14.3 Å². The lowest BCUT2D eigenvalue weighted by atomic mass is 10.2. The number of hydrogen-bond donors (Lipinski definition) is 1. The van der Waals surface area contributed by atoms with Crippen LogP contribution in [0.2, 0.25) is 5.02 Å². The summed E-state index contributed by atoms with van der Waals surface area (Å²) in [7, 11) is 1.60. The summed E-state index contributed by atoms with van der Waals surface area (Å²) in [6, 6.07) is 15.8. The molecule has 0 amide bonds. The number of hydrogen-bond acceptors (Lipinski definition) is 5. The molecule has 116 valence electrons. The molecule has 6 heteroatoms. The molecule has 0 atom stereocenters. The summed E-state index contributed by atoms with van der Waals surface area (Å²) in [5, 5.41) is 18.5. The zero-order valence-corrected chi connectivity index (χ0v) is 13.0.